The second kappa shape index (κ2) is 10.5. The van der Waals surface area contributed by atoms with Gasteiger partial charge < -0.3 is 9.72 Å². The van der Waals surface area contributed by atoms with Crippen LogP contribution in [0.3, 0.4) is 0 Å². The molecule has 1 aliphatic rings. The number of carbonyl (C=O) groups is 1. The minimum absolute atomic E-state index is 0.194. The minimum atomic E-state index is -0.338. The number of aromatic amines is 1. The maximum atomic E-state index is 13.6. The second-order valence-corrected chi connectivity index (χ2v) is 10.2. The molecule has 40 heavy (non-hydrogen) atoms. The van der Waals surface area contributed by atoms with E-state index in [0.29, 0.717) is 28.2 Å². The summed E-state index contributed by atoms with van der Waals surface area (Å²) in [6.45, 7) is 1.49. The third-order valence-electron chi connectivity index (χ3n) is 7.28. The Hall–Kier alpha value is -4.68. The van der Waals surface area contributed by atoms with Crippen molar-refractivity contribution in [2.45, 2.75) is 19.4 Å². The lowest BCUT2D eigenvalue weighted by atomic mass is 9.90. The lowest BCUT2D eigenvalue weighted by molar-refractivity contribution is -0.130. The van der Waals surface area contributed by atoms with Crippen LogP contribution in [0, 0.1) is 0 Å². The molecule has 1 unspecified atom stereocenters. The van der Waals surface area contributed by atoms with E-state index in [-0.39, 0.29) is 17.5 Å². The van der Waals surface area contributed by atoms with Crippen LogP contribution >= 0.6 is 11.6 Å². The molecule has 1 aliphatic heterocycles. The smallest absolute Gasteiger partial charge is 0.258 e. The number of hydrogen-bond donors (Lipinski definition) is 1. The summed E-state index contributed by atoms with van der Waals surface area (Å²) in [7, 11) is 1.65. The average molecular weight is 548 g/mol. The summed E-state index contributed by atoms with van der Waals surface area (Å²) in [4.78, 5) is 29.3. The van der Waals surface area contributed by atoms with Gasteiger partial charge in [-0.15, -0.1) is 0 Å². The number of hydrogen-bond acceptors (Lipinski definition) is 4. The molecule has 0 spiro atoms. The van der Waals surface area contributed by atoms with Crippen molar-refractivity contribution in [2.24, 2.45) is 5.10 Å². The number of pyridine rings is 1. The monoisotopic (exact) mass is 547 g/mol. The number of amides is 1. The fourth-order valence-corrected chi connectivity index (χ4v) is 5.51. The van der Waals surface area contributed by atoms with Crippen molar-refractivity contribution in [2.75, 3.05) is 7.11 Å². The van der Waals surface area contributed by atoms with Crippen LogP contribution in [0.1, 0.15) is 30.5 Å². The quantitative estimate of drug-likeness (QED) is 0.252. The number of carbonyl (C=O) groups excluding carboxylic acids is 1. The van der Waals surface area contributed by atoms with E-state index in [9.17, 15) is 9.59 Å². The first-order valence-corrected chi connectivity index (χ1v) is 13.3. The Morgan fingerprint density at radius 2 is 1.57 bits per heavy atom. The summed E-state index contributed by atoms with van der Waals surface area (Å²) >= 11 is 6.39. The van der Waals surface area contributed by atoms with Gasteiger partial charge in [-0.2, -0.15) is 5.10 Å². The van der Waals surface area contributed by atoms with Crippen molar-refractivity contribution in [3.8, 4) is 28.0 Å². The fraction of sp³-hybridized carbons (Fsp3) is 0.121. The van der Waals surface area contributed by atoms with Gasteiger partial charge in [-0.05, 0) is 52.6 Å². The predicted octanol–water partition coefficient (Wildman–Crippen LogP) is 7.22. The highest BCUT2D eigenvalue weighted by molar-refractivity contribution is 6.31. The van der Waals surface area contributed by atoms with Gasteiger partial charge in [-0.3, -0.25) is 9.59 Å². The summed E-state index contributed by atoms with van der Waals surface area (Å²) in [5.74, 6) is 0.606. The topological polar surface area (TPSA) is 74.8 Å². The Morgan fingerprint density at radius 1 is 0.900 bits per heavy atom. The van der Waals surface area contributed by atoms with Gasteiger partial charge in [0.2, 0.25) is 5.91 Å². The van der Waals surface area contributed by atoms with E-state index in [4.69, 9.17) is 21.4 Å². The van der Waals surface area contributed by atoms with E-state index < -0.39 is 0 Å². The first-order valence-electron chi connectivity index (χ1n) is 13.0. The predicted molar refractivity (Wildman–Crippen MR) is 160 cm³/mol. The highest BCUT2D eigenvalue weighted by atomic mass is 35.5. The molecule has 198 valence electrons. The van der Waals surface area contributed by atoms with Crippen molar-refractivity contribution in [3.05, 3.63) is 124 Å². The molecule has 6 rings (SSSR count). The largest absolute Gasteiger partial charge is 0.497 e. The van der Waals surface area contributed by atoms with E-state index in [1.54, 1.807) is 19.2 Å². The van der Waals surface area contributed by atoms with Gasteiger partial charge in [0.25, 0.3) is 5.56 Å². The van der Waals surface area contributed by atoms with Crippen molar-refractivity contribution in [1.82, 2.24) is 9.99 Å². The van der Waals surface area contributed by atoms with Gasteiger partial charge in [0.05, 0.1) is 24.4 Å². The van der Waals surface area contributed by atoms with E-state index in [1.807, 2.05) is 84.9 Å². The molecule has 4 aromatic carbocycles. The van der Waals surface area contributed by atoms with Gasteiger partial charge in [0.15, 0.2) is 0 Å². The molecule has 0 bridgehead atoms. The summed E-state index contributed by atoms with van der Waals surface area (Å²) in [6, 6.07) is 30.8. The van der Waals surface area contributed by atoms with Crippen molar-refractivity contribution in [1.29, 1.82) is 0 Å². The molecule has 7 heteroatoms. The number of halogens is 1. The number of rotatable bonds is 5. The van der Waals surface area contributed by atoms with Crippen molar-refractivity contribution in [3.63, 3.8) is 0 Å². The average Bonchev–Trinajstić information content (AvgIpc) is 3.43. The van der Waals surface area contributed by atoms with Crippen LogP contribution in [-0.2, 0) is 4.79 Å². The number of aromatic nitrogens is 1. The standard InChI is InChI=1S/C33H26ClN3O3/c1-20(38)37-30(23-10-8-21(9-11-23)22-12-15-26(40-2)16-13-22)19-29(36-37)32-31(24-6-4-3-5-7-24)27-18-25(34)14-17-28(27)35-33(32)39/h3-18,30H,19H2,1-2H3,(H,35,39). The van der Waals surface area contributed by atoms with Crippen LogP contribution in [0.25, 0.3) is 33.2 Å². The van der Waals surface area contributed by atoms with Crippen molar-refractivity contribution >= 4 is 34.1 Å². The molecule has 0 saturated heterocycles. The van der Waals surface area contributed by atoms with Crippen LogP contribution in [0.4, 0.5) is 0 Å². The molecule has 1 atom stereocenters. The minimum Gasteiger partial charge on any atom is -0.497 e. The molecule has 6 nitrogen and oxygen atoms in total. The zero-order chi connectivity index (χ0) is 27.8. The molecule has 1 amide bonds. The number of nitrogens with one attached hydrogen (secondary N) is 1. The zero-order valence-electron chi connectivity index (χ0n) is 22.0. The molecule has 0 aliphatic carbocycles. The summed E-state index contributed by atoms with van der Waals surface area (Å²) in [6.07, 6.45) is 0.399. The fourth-order valence-electron chi connectivity index (χ4n) is 5.34. The van der Waals surface area contributed by atoms with E-state index in [1.165, 1.54) is 11.9 Å². The van der Waals surface area contributed by atoms with Gasteiger partial charge in [0.1, 0.15) is 5.75 Å². The van der Waals surface area contributed by atoms with Crippen LogP contribution in [0.2, 0.25) is 5.02 Å². The highest BCUT2D eigenvalue weighted by Crippen LogP contribution is 2.38. The Morgan fingerprint density at radius 3 is 2.23 bits per heavy atom. The number of ether oxygens (including phenoxy) is 1. The van der Waals surface area contributed by atoms with Gasteiger partial charge in [0, 0.05) is 34.8 Å². The lowest BCUT2D eigenvalue weighted by Gasteiger charge is -2.20. The van der Waals surface area contributed by atoms with E-state index in [0.717, 1.165) is 39.0 Å². The Labute approximate surface area is 236 Å². The number of fused-ring (bicyclic) bond motifs is 1. The normalized spacial score (nSPS) is 14.8. The SMILES string of the molecule is COc1ccc(-c2ccc(C3CC(c4c(-c5ccccc5)c5cc(Cl)ccc5[nH]c4=O)=NN3C(C)=O)cc2)cc1. The first kappa shape index (κ1) is 25.6. The number of hydrazone groups is 1. The van der Waals surface area contributed by atoms with Crippen molar-refractivity contribution < 1.29 is 9.53 Å². The molecule has 0 saturated carbocycles. The third kappa shape index (κ3) is 4.67. The Balaban J connectivity index is 1.42. The summed E-state index contributed by atoms with van der Waals surface area (Å²) in [5.41, 5.74) is 6.11. The van der Waals surface area contributed by atoms with Gasteiger partial charge in [-0.1, -0.05) is 78.3 Å². The summed E-state index contributed by atoms with van der Waals surface area (Å²) in [5, 5.41) is 7.59. The van der Waals surface area contributed by atoms with Gasteiger partial charge in [-0.25, -0.2) is 5.01 Å². The molecule has 2 heterocycles. The number of nitrogens with zero attached hydrogens (tertiary/aromatic N) is 2. The highest BCUT2D eigenvalue weighted by Gasteiger charge is 2.34. The van der Waals surface area contributed by atoms with E-state index in [2.05, 4.69) is 4.98 Å². The molecular weight excluding hydrogens is 522 g/mol. The van der Waals surface area contributed by atoms with Crippen LogP contribution in [0.15, 0.2) is 107 Å². The van der Waals surface area contributed by atoms with Crippen LogP contribution in [-0.4, -0.2) is 28.7 Å². The number of H-pyrrole nitrogens is 1. The molecule has 0 radical (unpaired) electrons. The molecule has 1 N–H and O–H groups in total. The number of methoxy groups -OCH3 is 1. The number of benzene rings is 4. The molecule has 0 fully saturated rings. The van der Waals surface area contributed by atoms with E-state index >= 15 is 0 Å². The first-order chi connectivity index (χ1) is 19.4. The summed E-state index contributed by atoms with van der Waals surface area (Å²) < 4.78 is 5.27. The lowest BCUT2D eigenvalue weighted by Crippen LogP contribution is -2.24. The molecular formula is C33H26ClN3O3. The van der Waals surface area contributed by atoms with Crippen LogP contribution in [0.5, 0.6) is 5.75 Å². The Bertz CT molecular complexity index is 1810. The van der Waals surface area contributed by atoms with Crippen LogP contribution < -0.4 is 10.3 Å². The molecule has 1 aromatic heterocycles. The third-order valence-corrected chi connectivity index (χ3v) is 7.51. The Kier molecular flexibility index (Phi) is 6.70. The van der Waals surface area contributed by atoms with Gasteiger partial charge >= 0.3 is 0 Å². The molecule has 5 aromatic rings. The maximum Gasteiger partial charge on any atom is 0.258 e. The second-order valence-electron chi connectivity index (χ2n) is 9.74. The maximum absolute atomic E-state index is 13.6. The zero-order valence-corrected chi connectivity index (χ0v) is 22.8.